The molecule has 0 aliphatic heterocycles. The summed E-state index contributed by atoms with van der Waals surface area (Å²) in [5.41, 5.74) is 0.922. The highest BCUT2D eigenvalue weighted by molar-refractivity contribution is 5.27. The van der Waals surface area contributed by atoms with Crippen molar-refractivity contribution >= 4 is 0 Å². The fourth-order valence-corrected chi connectivity index (χ4v) is 1.77. The van der Waals surface area contributed by atoms with Crippen LogP contribution in [0.1, 0.15) is 45.8 Å². The Kier molecular flexibility index (Phi) is 3.38. The lowest BCUT2D eigenvalue weighted by atomic mass is 10.1. The van der Waals surface area contributed by atoms with Gasteiger partial charge in [-0.25, -0.2) is 0 Å². The van der Waals surface area contributed by atoms with Crippen LogP contribution in [0.2, 0.25) is 0 Å². The summed E-state index contributed by atoms with van der Waals surface area (Å²) in [4.78, 5) is 0. The van der Waals surface area contributed by atoms with Gasteiger partial charge in [-0.05, 0) is 42.9 Å². The summed E-state index contributed by atoms with van der Waals surface area (Å²) in [6.45, 7) is -9.60. The molecular weight excluding hydrogens is 278 g/mol. The highest BCUT2D eigenvalue weighted by Crippen LogP contribution is 2.28. The lowest BCUT2D eigenvalue weighted by Gasteiger charge is -2.15. The third kappa shape index (κ3) is 7.25. The molecule has 0 radical (unpaired) electrons. The van der Waals surface area contributed by atoms with Crippen LogP contribution < -0.4 is 10.1 Å². The largest absolute Gasteiger partial charge is 0.491 e. The third-order valence-corrected chi connectivity index (χ3v) is 3.23. The van der Waals surface area contributed by atoms with E-state index in [1.54, 1.807) is 12.1 Å². The van der Waals surface area contributed by atoms with Gasteiger partial charge in [-0.15, -0.1) is 0 Å². The van der Waals surface area contributed by atoms with Crippen molar-refractivity contribution in [2.75, 3.05) is 26.3 Å². The number of aliphatic hydroxyl groups is 1. The molecule has 2 rings (SSSR count). The molecule has 4 heteroatoms. The zero-order chi connectivity index (χ0) is 24.4. The summed E-state index contributed by atoms with van der Waals surface area (Å²) in [6.07, 6.45) is -0.0324. The SMILES string of the molecule is [2H]C([2H])([2H])C([2H])(NCC([2H])(O)C([2H])([2H])Oc1ccc(CCOCC2CC2)cc1)C([2H])([2H])[2H]. The maximum Gasteiger partial charge on any atom is 0.119 e. The molecule has 0 amide bonds. The van der Waals surface area contributed by atoms with Crippen LogP contribution in [0.25, 0.3) is 0 Å². The molecule has 1 aromatic rings. The summed E-state index contributed by atoms with van der Waals surface area (Å²) < 4.78 is 86.3. The van der Waals surface area contributed by atoms with E-state index in [1.165, 1.54) is 25.0 Å². The molecule has 124 valence electrons. The van der Waals surface area contributed by atoms with Gasteiger partial charge in [0.15, 0.2) is 0 Å². The standard InChI is InChI=1S/C18H29NO3/c1-14(2)19-11-17(20)13-22-18-7-5-15(6-8-18)9-10-21-12-16-3-4-16/h5-8,14,16-17,19-20H,3-4,9-13H2,1-2H3/i1D3,2D3,13D2,14D,17D. The van der Waals surface area contributed by atoms with Crippen molar-refractivity contribution in [2.24, 2.45) is 5.92 Å². The zero-order valence-electron chi connectivity index (χ0n) is 22.4. The third-order valence-electron chi connectivity index (χ3n) is 3.23. The van der Waals surface area contributed by atoms with E-state index in [1.807, 2.05) is 5.32 Å². The van der Waals surface area contributed by atoms with E-state index >= 15 is 0 Å². The molecule has 0 heterocycles. The van der Waals surface area contributed by atoms with Gasteiger partial charge in [-0.3, -0.25) is 0 Å². The quantitative estimate of drug-likeness (QED) is 0.615. The van der Waals surface area contributed by atoms with Crippen molar-refractivity contribution in [2.45, 2.75) is 45.1 Å². The predicted octanol–water partition coefficient (Wildman–Crippen LogP) is 2.39. The minimum absolute atomic E-state index is 0.00658. The monoisotopic (exact) mass is 317 g/mol. The molecule has 1 atom stereocenters. The van der Waals surface area contributed by atoms with Crippen LogP contribution in [0.3, 0.4) is 0 Å². The first-order chi connectivity index (χ1) is 14.5. The lowest BCUT2D eigenvalue weighted by molar-refractivity contribution is 0.104. The number of hydrogen-bond donors (Lipinski definition) is 2. The molecule has 2 N–H and O–H groups in total. The van der Waals surface area contributed by atoms with Gasteiger partial charge in [-0.1, -0.05) is 25.8 Å². The Morgan fingerprint density at radius 2 is 2.18 bits per heavy atom. The number of hydrogen-bond acceptors (Lipinski definition) is 4. The van der Waals surface area contributed by atoms with Gasteiger partial charge in [0.2, 0.25) is 0 Å². The van der Waals surface area contributed by atoms with Crippen LogP contribution in [-0.2, 0) is 11.2 Å². The molecule has 1 unspecified atom stereocenters. The van der Waals surface area contributed by atoms with Crippen molar-refractivity contribution < 1.29 is 28.3 Å². The van der Waals surface area contributed by atoms with Gasteiger partial charge in [0.1, 0.15) is 18.4 Å². The van der Waals surface area contributed by atoms with Crippen LogP contribution in [0.15, 0.2) is 24.3 Å². The first-order valence-electron chi connectivity index (χ1n) is 12.3. The molecule has 0 saturated heterocycles. The molecule has 4 nitrogen and oxygen atoms in total. The second-order valence-corrected chi connectivity index (χ2v) is 5.29. The Balaban J connectivity index is 1.97. The van der Waals surface area contributed by atoms with E-state index in [4.69, 9.17) is 23.2 Å². The Bertz CT molecular complexity index is 731. The summed E-state index contributed by atoms with van der Waals surface area (Å²) in [5.74, 6) is 0.679. The minimum Gasteiger partial charge on any atom is -0.491 e. The van der Waals surface area contributed by atoms with Gasteiger partial charge in [0.25, 0.3) is 0 Å². The fourth-order valence-electron chi connectivity index (χ4n) is 1.77. The molecule has 0 aromatic heterocycles. The molecule has 1 aliphatic carbocycles. The van der Waals surface area contributed by atoms with Crippen LogP contribution >= 0.6 is 0 Å². The van der Waals surface area contributed by atoms with Crippen molar-refractivity contribution in [1.82, 2.24) is 5.32 Å². The zero-order valence-corrected chi connectivity index (χ0v) is 12.4. The summed E-state index contributed by atoms with van der Waals surface area (Å²) in [5, 5.41) is 12.1. The first-order valence-corrected chi connectivity index (χ1v) is 7.32. The topological polar surface area (TPSA) is 50.7 Å². The van der Waals surface area contributed by atoms with Gasteiger partial charge in [-0.2, -0.15) is 0 Å². The van der Waals surface area contributed by atoms with Gasteiger partial charge in [0.05, 0.1) is 10.7 Å². The maximum absolute atomic E-state index is 10.3. The fraction of sp³-hybridized carbons (Fsp3) is 0.667. The molecule has 0 bridgehead atoms. The molecule has 1 aliphatic rings. The highest BCUT2D eigenvalue weighted by atomic mass is 16.5. The molecule has 1 saturated carbocycles. The summed E-state index contributed by atoms with van der Waals surface area (Å²) in [7, 11) is 0. The van der Waals surface area contributed by atoms with Gasteiger partial charge >= 0.3 is 0 Å². The minimum atomic E-state index is -3.33. The first kappa shape index (κ1) is 8.13. The number of rotatable bonds is 11. The van der Waals surface area contributed by atoms with Crippen LogP contribution in [-0.4, -0.2) is 43.5 Å². The number of benzene rings is 1. The van der Waals surface area contributed by atoms with E-state index in [0.29, 0.717) is 18.9 Å². The van der Waals surface area contributed by atoms with Crippen LogP contribution in [0.5, 0.6) is 5.75 Å². The average Bonchev–Trinajstić information content (AvgIpc) is 3.46. The predicted molar refractivity (Wildman–Crippen MR) is 88.3 cm³/mol. The Hall–Kier alpha value is -1.10. The molecule has 1 aromatic carbocycles. The average molecular weight is 317 g/mol. The van der Waals surface area contributed by atoms with Crippen molar-refractivity contribution in [3.05, 3.63) is 29.8 Å². The summed E-state index contributed by atoms with van der Waals surface area (Å²) >= 11 is 0. The smallest absolute Gasteiger partial charge is 0.119 e. The van der Waals surface area contributed by atoms with Crippen LogP contribution in [0.4, 0.5) is 0 Å². The van der Waals surface area contributed by atoms with E-state index in [-0.39, 0.29) is 5.75 Å². The second kappa shape index (κ2) is 9.13. The second-order valence-electron chi connectivity index (χ2n) is 5.29. The Labute approximate surface area is 147 Å². The Morgan fingerprint density at radius 1 is 1.41 bits per heavy atom. The van der Waals surface area contributed by atoms with E-state index in [2.05, 4.69) is 0 Å². The van der Waals surface area contributed by atoms with E-state index < -0.39 is 38.9 Å². The normalized spacial score (nSPS) is 26.4. The summed E-state index contributed by atoms with van der Waals surface area (Å²) in [6, 6.07) is 3.07. The van der Waals surface area contributed by atoms with Crippen molar-refractivity contribution in [3.63, 3.8) is 0 Å². The van der Waals surface area contributed by atoms with Crippen molar-refractivity contribution in [1.29, 1.82) is 0 Å². The van der Waals surface area contributed by atoms with Gasteiger partial charge < -0.3 is 19.9 Å². The van der Waals surface area contributed by atoms with Crippen LogP contribution in [0, 0.1) is 5.92 Å². The maximum atomic E-state index is 10.3. The molecule has 0 spiro atoms. The van der Waals surface area contributed by atoms with E-state index in [9.17, 15) is 5.11 Å². The Morgan fingerprint density at radius 3 is 2.86 bits per heavy atom. The molecular formula is C18H29NO3. The highest BCUT2D eigenvalue weighted by Gasteiger charge is 2.20. The lowest BCUT2D eigenvalue weighted by Crippen LogP contribution is -2.35. The van der Waals surface area contributed by atoms with Gasteiger partial charge in [0, 0.05) is 28.8 Å². The van der Waals surface area contributed by atoms with Crippen molar-refractivity contribution in [3.8, 4) is 5.75 Å². The number of nitrogens with one attached hydrogen (secondary N) is 1. The van der Waals surface area contributed by atoms with E-state index in [0.717, 1.165) is 12.2 Å². The number of ether oxygens (including phenoxy) is 2. The molecule has 1 fully saturated rings. The molecule has 22 heavy (non-hydrogen) atoms.